The molecule has 0 amide bonds. The third-order valence-electron chi connectivity index (χ3n) is 6.73. The maximum Gasteiger partial charge on any atom is 0.423 e. The van der Waals surface area contributed by atoms with Crippen LogP contribution in [0.4, 0.5) is 41.1 Å². The van der Waals surface area contributed by atoms with E-state index in [1.165, 1.54) is 0 Å². The van der Waals surface area contributed by atoms with Gasteiger partial charge in [-0.1, -0.05) is 0 Å². The summed E-state index contributed by atoms with van der Waals surface area (Å²) in [7, 11) is -4.53. The number of hydrogen-bond acceptors (Lipinski definition) is 7. The Balaban J connectivity index is 1.51. The Morgan fingerprint density at radius 1 is 1.20 bits per heavy atom. The van der Waals surface area contributed by atoms with Crippen LogP contribution in [0, 0.1) is 11.6 Å². The van der Waals surface area contributed by atoms with Gasteiger partial charge in [0, 0.05) is 38.2 Å². The van der Waals surface area contributed by atoms with Crippen molar-refractivity contribution in [2.75, 3.05) is 18.4 Å². The molecule has 0 radical (unpaired) electrons. The smallest absolute Gasteiger partial charge is 0.423 e. The van der Waals surface area contributed by atoms with Gasteiger partial charge in [0.1, 0.15) is 40.0 Å². The molecule has 1 aromatic carbocycles. The fourth-order valence-electron chi connectivity index (χ4n) is 4.67. The molecule has 1 saturated carbocycles. The first-order valence-electron chi connectivity index (χ1n) is 12.0. The van der Waals surface area contributed by atoms with Crippen molar-refractivity contribution in [2.45, 2.75) is 73.5 Å². The van der Waals surface area contributed by atoms with E-state index in [4.69, 9.17) is 4.74 Å². The number of ether oxygens (including phenoxy) is 1. The number of rotatable bonds is 6. The quantitative estimate of drug-likeness (QED) is 0.474. The molecule has 2 N–H and O–H groups in total. The minimum absolute atomic E-state index is 0.240. The number of nitrogens with one attached hydrogen (secondary N) is 1. The first-order chi connectivity index (χ1) is 18.4. The number of alkyl halides is 6. The summed E-state index contributed by atoms with van der Waals surface area (Å²) in [5.41, 5.74) is -3.64. The number of halogens is 8. The number of aliphatic hydroxyl groups is 1. The highest BCUT2D eigenvalue weighted by molar-refractivity contribution is 7.89. The molecule has 4 atom stereocenters. The maximum absolute atomic E-state index is 15.0. The van der Waals surface area contributed by atoms with E-state index < -0.39 is 106 Å². The summed E-state index contributed by atoms with van der Waals surface area (Å²) in [6.45, 7) is -0.0912. The molecular weight excluding hydrogens is 580 g/mol. The van der Waals surface area contributed by atoms with Gasteiger partial charge in [-0.15, -0.1) is 0 Å². The first kappa shape index (κ1) is 30.2. The average molecular weight is 605 g/mol. The molecule has 8 nitrogen and oxygen atoms in total. The second-order valence-electron chi connectivity index (χ2n) is 9.94. The molecule has 4 rings (SSSR count). The Morgan fingerprint density at radius 2 is 1.90 bits per heavy atom. The van der Waals surface area contributed by atoms with Crippen LogP contribution >= 0.6 is 0 Å². The van der Waals surface area contributed by atoms with Crippen molar-refractivity contribution in [1.82, 2.24) is 14.3 Å². The lowest BCUT2D eigenvalue weighted by Gasteiger charge is -2.40. The minimum atomic E-state index is -5.02. The Morgan fingerprint density at radius 3 is 2.50 bits per heavy atom. The van der Waals surface area contributed by atoms with E-state index in [2.05, 4.69) is 15.3 Å². The number of aromatic nitrogens is 2. The molecule has 17 heteroatoms. The van der Waals surface area contributed by atoms with Gasteiger partial charge in [-0.3, -0.25) is 0 Å². The van der Waals surface area contributed by atoms with Crippen LogP contribution in [0.2, 0.25) is 0 Å². The van der Waals surface area contributed by atoms with Crippen molar-refractivity contribution in [3.8, 4) is 5.88 Å². The highest BCUT2D eigenvalue weighted by Crippen LogP contribution is 2.42. The van der Waals surface area contributed by atoms with Gasteiger partial charge in [0.25, 0.3) is 5.92 Å². The van der Waals surface area contributed by atoms with Crippen molar-refractivity contribution in [3.63, 3.8) is 0 Å². The molecule has 40 heavy (non-hydrogen) atoms. The molecule has 2 fully saturated rings. The topological polar surface area (TPSA) is 105 Å². The fourth-order valence-corrected chi connectivity index (χ4v) is 6.17. The predicted molar refractivity (Wildman–Crippen MR) is 123 cm³/mol. The summed E-state index contributed by atoms with van der Waals surface area (Å²) in [6.07, 6.45) is -10.6. The van der Waals surface area contributed by atoms with Crippen LogP contribution in [0.3, 0.4) is 0 Å². The number of anilines is 1. The van der Waals surface area contributed by atoms with Gasteiger partial charge in [-0.25, -0.2) is 35.4 Å². The summed E-state index contributed by atoms with van der Waals surface area (Å²) in [6, 6.07) is 0.621. The van der Waals surface area contributed by atoms with Crippen LogP contribution in [0.25, 0.3) is 0 Å². The van der Waals surface area contributed by atoms with E-state index >= 15 is 4.39 Å². The second kappa shape index (κ2) is 10.6. The number of sulfonamides is 1. The van der Waals surface area contributed by atoms with Crippen LogP contribution in [0.5, 0.6) is 5.88 Å². The lowest BCUT2D eigenvalue weighted by molar-refractivity contribution is -0.167. The van der Waals surface area contributed by atoms with Crippen molar-refractivity contribution in [3.05, 3.63) is 41.6 Å². The van der Waals surface area contributed by atoms with E-state index in [1.807, 2.05) is 0 Å². The fraction of sp³-hybridized carbons (Fsp3) is 0.565. The second-order valence-corrected chi connectivity index (χ2v) is 11.8. The van der Waals surface area contributed by atoms with Crippen molar-refractivity contribution < 1.29 is 53.4 Å². The van der Waals surface area contributed by atoms with E-state index in [-0.39, 0.29) is 13.0 Å². The predicted octanol–water partition coefficient (Wildman–Crippen LogP) is 4.30. The van der Waals surface area contributed by atoms with Crippen LogP contribution in [0.1, 0.15) is 38.2 Å². The monoisotopic (exact) mass is 604 g/mol. The van der Waals surface area contributed by atoms with Crippen molar-refractivity contribution in [1.29, 1.82) is 0 Å². The Kier molecular flexibility index (Phi) is 7.96. The summed E-state index contributed by atoms with van der Waals surface area (Å²) < 4.78 is 142. The first-order valence-corrected chi connectivity index (χ1v) is 13.4. The average Bonchev–Trinajstić information content (AvgIpc) is 2.80. The number of nitrogens with zero attached hydrogens (tertiary/aromatic N) is 3. The molecule has 0 unspecified atom stereocenters. The maximum atomic E-state index is 15.0. The van der Waals surface area contributed by atoms with E-state index in [0.29, 0.717) is 22.6 Å². The molecule has 1 aromatic heterocycles. The molecule has 1 saturated heterocycles. The Hall–Kier alpha value is -2.79. The Labute approximate surface area is 223 Å². The summed E-state index contributed by atoms with van der Waals surface area (Å²) in [4.78, 5) is 6.34. The lowest BCUT2D eigenvalue weighted by Crippen LogP contribution is -2.52. The highest BCUT2D eigenvalue weighted by Gasteiger charge is 2.50. The third-order valence-corrected chi connectivity index (χ3v) is 8.62. The van der Waals surface area contributed by atoms with E-state index in [1.54, 1.807) is 0 Å². The van der Waals surface area contributed by atoms with Gasteiger partial charge in [-0.05, 0) is 31.9 Å². The van der Waals surface area contributed by atoms with Gasteiger partial charge in [0.05, 0.1) is 6.04 Å². The lowest BCUT2D eigenvalue weighted by atomic mass is 9.81. The highest BCUT2D eigenvalue weighted by atomic mass is 32.2. The summed E-state index contributed by atoms with van der Waals surface area (Å²) in [5, 5.41) is 12.9. The van der Waals surface area contributed by atoms with Gasteiger partial charge >= 0.3 is 6.18 Å². The van der Waals surface area contributed by atoms with Crippen LogP contribution < -0.4 is 10.1 Å². The van der Waals surface area contributed by atoms with Crippen LogP contribution in [0.15, 0.2) is 29.3 Å². The molecule has 1 aliphatic carbocycles. The number of benzene rings is 1. The van der Waals surface area contributed by atoms with E-state index in [0.717, 1.165) is 13.0 Å². The molecule has 2 heterocycles. The zero-order valence-corrected chi connectivity index (χ0v) is 21.5. The zero-order chi connectivity index (χ0) is 29.7. The van der Waals surface area contributed by atoms with Gasteiger partial charge in [0.2, 0.25) is 21.9 Å². The van der Waals surface area contributed by atoms with Crippen molar-refractivity contribution in [2.24, 2.45) is 0 Å². The van der Waals surface area contributed by atoms with Crippen LogP contribution in [-0.2, 0) is 16.2 Å². The van der Waals surface area contributed by atoms with Crippen LogP contribution in [-0.4, -0.2) is 70.7 Å². The number of piperidine rings is 1. The molecule has 1 aliphatic heterocycles. The van der Waals surface area contributed by atoms with E-state index in [9.17, 15) is 44.3 Å². The molecule has 2 aliphatic rings. The van der Waals surface area contributed by atoms with Crippen molar-refractivity contribution >= 4 is 16.0 Å². The third kappa shape index (κ3) is 6.40. The summed E-state index contributed by atoms with van der Waals surface area (Å²) >= 11 is 0. The van der Waals surface area contributed by atoms with Gasteiger partial charge in [-0.2, -0.15) is 22.5 Å². The standard InChI is InChI=1S/C23H24F8N4O4S/c1-21(36)11-22(27,28)6-4-18(21)39-19-13(23(29,30)31)9-32-20(34-19)33-16-5-7-35(10-15(16)26)40(37,38)17-3-2-12(24)8-14(17)25/h2-3,8-9,15-16,18,36H,4-7,10-11H2,1H3,(H,32,33,34)/t15-,16+,18-,21+/m1/s1. The normalized spacial score (nSPS) is 27.8. The molecule has 222 valence electrons. The molecular formula is C23H24F8N4O4S. The van der Waals surface area contributed by atoms with Gasteiger partial charge < -0.3 is 15.2 Å². The molecule has 0 bridgehead atoms. The number of hydrogen-bond donors (Lipinski definition) is 2. The SMILES string of the molecule is C[C@]1(O)CC(F)(F)CC[C@H]1Oc1nc(N[C@H]2CCN(S(=O)(=O)c3ccc(F)cc3F)C[C@H]2F)ncc1C(F)(F)F. The molecule has 2 aromatic rings. The minimum Gasteiger partial charge on any atom is -0.471 e. The molecule has 0 spiro atoms. The van der Waals surface area contributed by atoms with Gasteiger partial charge in [0.15, 0.2) is 0 Å². The largest absolute Gasteiger partial charge is 0.471 e. The summed E-state index contributed by atoms with van der Waals surface area (Å²) in [5.74, 6) is -7.20. The Bertz CT molecular complexity index is 1360. The zero-order valence-electron chi connectivity index (χ0n) is 20.7.